The molecular formula is C25H19N3O3. The van der Waals surface area contributed by atoms with Crippen LogP contribution in [0, 0.1) is 0 Å². The third-order valence-corrected chi connectivity index (χ3v) is 5.05. The Bertz CT molecular complexity index is 1390. The Morgan fingerprint density at radius 2 is 1.52 bits per heavy atom. The lowest BCUT2D eigenvalue weighted by atomic mass is 10.1. The lowest BCUT2D eigenvalue weighted by Crippen LogP contribution is -1.96. The number of nitrogens with zero attached hydrogens (tertiary/aromatic N) is 3. The van der Waals surface area contributed by atoms with Crippen LogP contribution in [0.4, 0.5) is 0 Å². The number of fused-ring (bicyclic) bond motifs is 2. The quantitative estimate of drug-likeness (QED) is 0.373. The Hall–Kier alpha value is -4.19. The van der Waals surface area contributed by atoms with Crippen molar-refractivity contribution in [3.63, 3.8) is 0 Å². The van der Waals surface area contributed by atoms with Crippen molar-refractivity contribution < 1.29 is 14.2 Å². The average molecular weight is 409 g/mol. The van der Waals surface area contributed by atoms with Crippen LogP contribution in [0.5, 0.6) is 23.0 Å². The predicted molar refractivity (Wildman–Crippen MR) is 120 cm³/mol. The Labute approximate surface area is 179 Å². The summed E-state index contributed by atoms with van der Waals surface area (Å²) < 4.78 is 17.3. The van der Waals surface area contributed by atoms with E-state index in [1.807, 2.05) is 60.7 Å². The molecule has 0 unspecified atom stereocenters. The van der Waals surface area contributed by atoms with Gasteiger partial charge in [0.05, 0.1) is 25.3 Å². The zero-order valence-corrected chi connectivity index (χ0v) is 17.1. The Morgan fingerprint density at radius 3 is 2.32 bits per heavy atom. The van der Waals surface area contributed by atoms with Crippen LogP contribution in [-0.4, -0.2) is 29.2 Å². The highest BCUT2D eigenvalue weighted by molar-refractivity contribution is 5.89. The summed E-state index contributed by atoms with van der Waals surface area (Å²) in [5.74, 6) is 2.50. The van der Waals surface area contributed by atoms with Crippen LogP contribution >= 0.6 is 0 Å². The van der Waals surface area contributed by atoms with E-state index in [1.165, 1.54) is 0 Å². The van der Waals surface area contributed by atoms with Gasteiger partial charge in [-0.15, -0.1) is 0 Å². The largest absolute Gasteiger partial charge is 0.493 e. The molecule has 0 bridgehead atoms. The SMILES string of the molecule is COc1cc2nccc(Oc3cc4cnccc4nc3-c3ccccc3)c2cc1OC. The molecule has 0 N–H and O–H groups in total. The fourth-order valence-corrected chi connectivity index (χ4v) is 3.53. The molecule has 5 aromatic rings. The molecule has 3 heterocycles. The highest BCUT2D eigenvalue weighted by atomic mass is 16.5. The van der Waals surface area contributed by atoms with E-state index in [0.717, 1.165) is 33.1 Å². The van der Waals surface area contributed by atoms with Crippen molar-refractivity contribution >= 4 is 21.8 Å². The van der Waals surface area contributed by atoms with Crippen LogP contribution in [0.1, 0.15) is 0 Å². The van der Waals surface area contributed by atoms with Gasteiger partial charge < -0.3 is 14.2 Å². The van der Waals surface area contributed by atoms with Crippen molar-refractivity contribution in [2.45, 2.75) is 0 Å². The zero-order chi connectivity index (χ0) is 21.2. The van der Waals surface area contributed by atoms with Gasteiger partial charge >= 0.3 is 0 Å². The Morgan fingerprint density at radius 1 is 0.710 bits per heavy atom. The van der Waals surface area contributed by atoms with Gasteiger partial charge in [-0.25, -0.2) is 4.98 Å². The van der Waals surface area contributed by atoms with Gasteiger partial charge in [0.2, 0.25) is 0 Å². The molecule has 152 valence electrons. The van der Waals surface area contributed by atoms with E-state index in [4.69, 9.17) is 19.2 Å². The van der Waals surface area contributed by atoms with Gasteiger partial charge in [0, 0.05) is 41.0 Å². The molecular weight excluding hydrogens is 390 g/mol. The van der Waals surface area contributed by atoms with Crippen LogP contribution < -0.4 is 14.2 Å². The first kappa shape index (κ1) is 18.8. The standard InChI is InChI=1S/C25H19N3O3/c1-29-22-13-18-20(14-23(22)30-2)27-11-9-21(18)31-24-12-17-15-26-10-8-19(17)28-25(24)16-6-4-3-5-7-16/h3-15H,1-2H3. The van der Waals surface area contributed by atoms with Crippen LogP contribution in [0.3, 0.4) is 0 Å². The highest BCUT2D eigenvalue weighted by Crippen LogP contribution is 2.39. The van der Waals surface area contributed by atoms with Crippen molar-refractivity contribution in [3.05, 3.63) is 79.3 Å². The minimum Gasteiger partial charge on any atom is -0.493 e. The molecule has 0 aliphatic rings. The van der Waals surface area contributed by atoms with Gasteiger partial charge in [0.25, 0.3) is 0 Å². The fraction of sp³-hybridized carbons (Fsp3) is 0.0800. The molecule has 0 saturated carbocycles. The number of ether oxygens (including phenoxy) is 3. The van der Waals surface area contributed by atoms with Crippen molar-refractivity contribution in [2.24, 2.45) is 0 Å². The molecule has 0 fully saturated rings. The molecule has 6 nitrogen and oxygen atoms in total. The van der Waals surface area contributed by atoms with Crippen LogP contribution in [0.2, 0.25) is 0 Å². The van der Waals surface area contributed by atoms with E-state index in [-0.39, 0.29) is 0 Å². The van der Waals surface area contributed by atoms with E-state index < -0.39 is 0 Å². The van der Waals surface area contributed by atoms with E-state index in [2.05, 4.69) is 9.97 Å². The maximum Gasteiger partial charge on any atom is 0.162 e. The molecule has 0 radical (unpaired) electrons. The molecule has 2 aromatic carbocycles. The predicted octanol–water partition coefficient (Wildman–Crippen LogP) is 5.65. The number of pyridine rings is 3. The van der Waals surface area contributed by atoms with E-state index in [0.29, 0.717) is 23.0 Å². The summed E-state index contributed by atoms with van der Waals surface area (Å²) >= 11 is 0. The second-order valence-electron chi connectivity index (χ2n) is 6.91. The highest BCUT2D eigenvalue weighted by Gasteiger charge is 2.15. The minimum absolute atomic E-state index is 0.608. The summed E-state index contributed by atoms with van der Waals surface area (Å²) in [6.07, 6.45) is 5.23. The van der Waals surface area contributed by atoms with Crippen LogP contribution in [-0.2, 0) is 0 Å². The van der Waals surface area contributed by atoms with Gasteiger partial charge in [-0.3, -0.25) is 9.97 Å². The molecule has 5 rings (SSSR count). The Balaban J connectivity index is 1.69. The van der Waals surface area contributed by atoms with Crippen LogP contribution in [0.25, 0.3) is 33.1 Å². The number of rotatable bonds is 5. The Kier molecular flexibility index (Phi) is 4.80. The maximum absolute atomic E-state index is 6.43. The van der Waals surface area contributed by atoms with Gasteiger partial charge in [0.15, 0.2) is 17.2 Å². The second-order valence-corrected chi connectivity index (χ2v) is 6.91. The molecule has 3 aromatic heterocycles. The summed E-state index contributed by atoms with van der Waals surface area (Å²) in [4.78, 5) is 13.5. The molecule has 6 heteroatoms. The monoisotopic (exact) mass is 409 g/mol. The number of aromatic nitrogens is 3. The lowest BCUT2D eigenvalue weighted by Gasteiger charge is -2.15. The first-order chi connectivity index (χ1) is 15.3. The molecule has 0 saturated heterocycles. The molecule has 31 heavy (non-hydrogen) atoms. The smallest absolute Gasteiger partial charge is 0.162 e. The van der Waals surface area contributed by atoms with Crippen molar-refractivity contribution in [1.29, 1.82) is 0 Å². The summed E-state index contributed by atoms with van der Waals surface area (Å²) in [5, 5.41) is 1.71. The normalized spacial score (nSPS) is 10.9. The lowest BCUT2D eigenvalue weighted by molar-refractivity contribution is 0.355. The molecule has 0 atom stereocenters. The molecule has 0 amide bonds. The summed E-state index contributed by atoms with van der Waals surface area (Å²) in [6, 6.07) is 19.4. The van der Waals surface area contributed by atoms with Gasteiger partial charge in [-0.1, -0.05) is 30.3 Å². The topological polar surface area (TPSA) is 66.4 Å². The van der Waals surface area contributed by atoms with E-state index >= 15 is 0 Å². The van der Waals surface area contributed by atoms with Gasteiger partial charge in [-0.05, 0) is 24.3 Å². The summed E-state index contributed by atoms with van der Waals surface area (Å²) in [7, 11) is 3.21. The van der Waals surface area contributed by atoms with E-state index in [1.54, 1.807) is 32.8 Å². The number of hydrogen-bond donors (Lipinski definition) is 0. The van der Waals surface area contributed by atoms with Crippen molar-refractivity contribution in [1.82, 2.24) is 15.0 Å². The third kappa shape index (κ3) is 3.48. The first-order valence-electron chi connectivity index (χ1n) is 9.75. The van der Waals surface area contributed by atoms with Crippen molar-refractivity contribution in [3.8, 4) is 34.3 Å². The van der Waals surface area contributed by atoms with Gasteiger partial charge in [-0.2, -0.15) is 0 Å². The van der Waals surface area contributed by atoms with E-state index in [9.17, 15) is 0 Å². The third-order valence-electron chi connectivity index (χ3n) is 5.05. The second kappa shape index (κ2) is 7.91. The number of methoxy groups -OCH3 is 2. The maximum atomic E-state index is 6.43. The zero-order valence-electron chi connectivity index (χ0n) is 17.1. The van der Waals surface area contributed by atoms with Crippen LogP contribution in [0.15, 0.2) is 79.3 Å². The minimum atomic E-state index is 0.608. The molecule has 0 spiro atoms. The summed E-state index contributed by atoms with van der Waals surface area (Å²) in [5.41, 5.74) is 3.32. The summed E-state index contributed by atoms with van der Waals surface area (Å²) in [6.45, 7) is 0. The number of hydrogen-bond acceptors (Lipinski definition) is 6. The molecule has 0 aliphatic carbocycles. The first-order valence-corrected chi connectivity index (χ1v) is 9.75. The van der Waals surface area contributed by atoms with Gasteiger partial charge in [0.1, 0.15) is 11.4 Å². The molecule has 0 aliphatic heterocycles. The van der Waals surface area contributed by atoms with Crippen molar-refractivity contribution in [2.75, 3.05) is 14.2 Å². The fourth-order valence-electron chi connectivity index (χ4n) is 3.53. The average Bonchev–Trinajstić information content (AvgIpc) is 2.83. The number of benzene rings is 2.